The van der Waals surface area contributed by atoms with Crippen molar-refractivity contribution in [3.8, 4) is 5.88 Å². The van der Waals surface area contributed by atoms with Crippen LogP contribution in [0.4, 0.5) is 0 Å². The molecule has 0 N–H and O–H groups in total. The molecule has 14 heavy (non-hydrogen) atoms. The predicted octanol–water partition coefficient (Wildman–Crippen LogP) is 0.175. The molecule has 0 saturated carbocycles. The number of hydrogen-bond acceptors (Lipinski definition) is 4. The minimum Gasteiger partial charge on any atom is -0.437 e. The summed E-state index contributed by atoms with van der Waals surface area (Å²) in [5.74, 6) is 0.333. The van der Waals surface area contributed by atoms with E-state index in [1.165, 1.54) is 0 Å². The third-order valence-corrected chi connectivity index (χ3v) is 2.10. The summed E-state index contributed by atoms with van der Waals surface area (Å²) in [6, 6.07) is 7.31. The summed E-state index contributed by atoms with van der Waals surface area (Å²) >= 11 is 0. The van der Waals surface area contributed by atoms with Crippen LogP contribution >= 0.6 is 0 Å². The van der Waals surface area contributed by atoms with Gasteiger partial charge in [0.05, 0.1) is 10.9 Å². The molecule has 0 radical (unpaired) electrons. The van der Waals surface area contributed by atoms with E-state index in [0.29, 0.717) is 11.4 Å². The summed E-state index contributed by atoms with van der Waals surface area (Å²) in [6.07, 6.45) is 0. The van der Waals surface area contributed by atoms with Crippen molar-refractivity contribution in [2.75, 3.05) is 6.79 Å². The molecule has 2 aliphatic rings. The topological polar surface area (TPSA) is 53.4 Å². The molecule has 0 spiro atoms. The number of para-hydroxylation sites is 1. The minimum atomic E-state index is -0.448. The van der Waals surface area contributed by atoms with Gasteiger partial charge in [-0.15, -0.1) is 4.73 Å². The van der Waals surface area contributed by atoms with Gasteiger partial charge in [-0.2, -0.15) is 4.98 Å². The van der Waals surface area contributed by atoms with Crippen molar-refractivity contribution in [1.82, 2.24) is 9.71 Å². The number of aromatic nitrogens is 2. The normalized spacial score (nSPS) is 13.4. The van der Waals surface area contributed by atoms with Crippen LogP contribution in [0, 0.1) is 0 Å². The van der Waals surface area contributed by atoms with Crippen LogP contribution in [0.3, 0.4) is 0 Å². The number of fused-ring (bicyclic) bond motifs is 3. The first-order valence-electron chi connectivity index (χ1n) is 4.14. The van der Waals surface area contributed by atoms with Gasteiger partial charge in [-0.05, 0) is 12.1 Å². The van der Waals surface area contributed by atoms with Crippen LogP contribution in [-0.4, -0.2) is 16.5 Å². The second-order valence-electron chi connectivity index (χ2n) is 2.90. The summed E-state index contributed by atoms with van der Waals surface area (Å²) in [5, 5.41) is 0.782. The zero-order chi connectivity index (χ0) is 9.54. The van der Waals surface area contributed by atoms with E-state index in [1.807, 2.05) is 18.2 Å². The number of nitrogens with zero attached hydrogens (tertiary/aromatic N) is 2. The van der Waals surface area contributed by atoms with E-state index < -0.39 is 5.69 Å². The van der Waals surface area contributed by atoms with E-state index in [9.17, 15) is 4.79 Å². The highest BCUT2D eigenvalue weighted by Gasteiger charge is 2.15. The van der Waals surface area contributed by atoms with Crippen LogP contribution in [0.2, 0.25) is 0 Å². The fourth-order valence-electron chi connectivity index (χ4n) is 1.50. The van der Waals surface area contributed by atoms with Gasteiger partial charge in [0.2, 0.25) is 5.88 Å². The molecule has 2 bridgehead atoms. The Bertz CT molecular complexity index is 561. The zero-order valence-corrected chi connectivity index (χ0v) is 7.14. The van der Waals surface area contributed by atoms with Crippen LogP contribution in [0.1, 0.15) is 0 Å². The van der Waals surface area contributed by atoms with Gasteiger partial charge in [-0.3, -0.25) is 0 Å². The average Bonchev–Trinajstić information content (AvgIpc) is 2.49. The van der Waals surface area contributed by atoms with E-state index in [0.717, 1.165) is 10.1 Å². The Labute approximate surface area is 78.5 Å². The second kappa shape index (κ2) is 2.47. The lowest BCUT2D eigenvalue weighted by Gasteiger charge is -2.02. The van der Waals surface area contributed by atoms with E-state index in [-0.39, 0.29) is 6.79 Å². The minimum absolute atomic E-state index is 0.0131. The van der Waals surface area contributed by atoms with Gasteiger partial charge < -0.3 is 9.57 Å². The van der Waals surface area contributed by atoms with Crippen LogP contribution < -0.4 is 15.3 Å². The number of hydrogen-bond donors (Lipinski definition) is 0. The average molecular weight is 190 g/mol. The smallest absolute Gasteiger partial charge is 0.384 e. The molecule has 0 saturated heterocycles. The molecule has 70 valence electrons. The molecule has 2 aromatic rings. The number of rotatable bonds is 0. The fourth-order valence-corrected chi connectivity index (χ4v) is 1.50. The monoisotopic (exact) mass is 190 g/mol. The Hall–Kier alpha value is -2.04. The number of ether oxygens (including phenoxy) is 1. The van der Waals surface area contributed by atoms with E-state index in [4.69, 9.17) is 9.57 Å². The van der Waals surface area contributed by atoms with Crippen molar-refractivity contribution in [2.24, 2.45) is 0 Å². The molecule has 2 aliphatic heterocycles. The van der Waals surface area contributed by atoms with Gasteiger partial charge in [-0.25, -0.2) is 4.79 Å². The summed E-state index contributed by atoms with van der Waals surface area (Å²) < 4.78 is 6.30. The highest BCUT2D eigenvalue weighted by Crippen LogP contribution is 2.22. The van der Waals surface area contributed by atoms with Gasteiger partial charge in [0.1, 0.15) is 0 Å². The highest BCUT2D eigenvalue weighted by molar-refractivity contribution is 5.83. The maximum absolute atomic E-state index is 11.4. The molecule has 0 amide bonds. The van der Waals surface area contributed by atoms with Crippen molar-refractivity contribution in [3.05, 3.63) is 34.7 Å². The summed E-state index contributed by atoms with van der Waals surface area (Å²) in [7, 11) is 0. The molecule has 0 atom stereocenters. The maximum atomic E-state index is 11.4. The van der Waals surface area contributed by atoms with Crippen LogP contribution in [0.15, 0.2) is 29.1 Å². The van der Waals surface area contributed by atoms with Crippen LogP contribution in [0.25, 0.3) is 10.9 Å². The first kappa shape index (κ1) is 7.37. The van der Waals surface area contributed by atoms with Crippen molar-refractivity contribution >= 4 is 10.9 Å². The van der Waals surface area contributed by atoms with Crippen molar-refractivity contribution in [2.45, 2.75) is 0 Å². The molecular formula is C9H6N2O3. The predicted molar refractivity (Wildman–Crippen MR) is 48.1 cm³/mol. The Kier molecular flexibility index (Phi) is 1.30. The summed E-state index contributed by atoms with van der Waals surface area (Å²) in [5.41, 5.74) is 0.233. The standard InChI is InChI=1S/C9H6N2O3/c12-9-10-8-6-3-1-2-4-7(6)11(9)14-5-13-8/h1-4H,5H2. The van der Waals surface area contributed by atoms with Gasteiger partial charge >= 0.3 is 5.69 Å². The van der Waals surface area contributed by atoms with Crippen LogP contribution in [-0.2, 0) is 0 Å². The Morgan fingerprint density at radius 3 is 3.14 bits per heavy atom. The maximum Gasteiger partial charge on any atom is 0.384 e. The van der Waals surface area contributed by atoms with E-state index >= 15 is 0 Å². The zero-order valence-electron chi connectivity index (χ0n) is 7.14. The molecule has 5 heteroatoms. The van der Waals surface area contributed by atoms with Crippen LogP contribution in [0.5, 0.6) is 5.88 Å². The van der Waals surface area contributed by atoms with Crippen molar-refractivity contribution in [3.63, 3.8) is 0 Å². The third kappa shape index (κ3) is 0.834. The Morgan fingerprint density at radius 2 is 2.21 bits per heavy atom. The fraction of sp³-hybridized carbons (Fsp3) is 0.111. The molecule has 3 heterocycles. The van der Waals surface area contributed by atoms with Gasteiger partial charge in [-0.1, -0.05) is 12.1 Å². The first-order valence-corrected chi connectivity index (χ1v) is 4.14. The van der Waals surface area contributed by atoms with Gasteiger partial charge in [0.25, 0.3) is 6.79 Å². The second-order valence-corrected chi connectivity index (χ2v) is 2.90. The lowest BCUT2D eigenvalue weighted by atomic mass is 10.2. The van der Waals surface area contributed by atoms with E-state index in [1.54, 1.807) is 6.07 Å². The van der Waals surface area contributed by atoms with Crippen molar-refractivity contribution < 1.29 is 9.57 Å². The Balaban J connectivity index is 2.59. The lowest BCUT2D eigenvalue weighted by Crippen LogP contribution is -2.27. The molecule has 5 nitrogen and oxygen atoms in total. The van der Waals surface area contributed by atoms with E-state index in [2.05, 4.69) is 4.98 Å². The molecule has 4 rings (SSSR count). The molecule has 0 aliphatic carbocycles. The SMILES string of the molecule is O=c1nc2c3ccccc3n1OCO2. The third-order valence-electron chi connectivity index (χ3n) is 2.10. The van der Waals surface area contributed by atoms with Gasteiger partial charge in [0, 0.05) is 0 Å². The Morgan fingerprint density at radius 1 is 1.36 bits per heavy atom. The molecule has 0 unspecified atom stereocenters. The largest absolute Gasteiger partial charge is 0.437 e. The highest BCUT2D eigenvalue weighted by atomic mass is 16.8. The summed E-state index contributed by atoms with van der Waals surface area (Å²) in [6.45, 7) is 0.0131. The number of benzene rings is 1. The summed E-state index contributed by atoms with van der Waals surface area (Å²) in [4.78, 5) is 20.2. The molecule has 1 aromatic heterocycles. The molecular weight excluding hydrogens is 184 g/mol. The first-order chi connectivity index (χ1) is 6.86. The lowest BCUT2D eigenvalue weighted by molar-refractivity contribution is 0.0152. The molecule has 0 fully saturated rings. The van der Waals surface area contributed by atoms with Crippen molar-refractivity contribution in [1.29, 1.82) is 0 Å². The van der Waals surface area contributed by atoms with Gasteiger partial charge in [0.15, 0.2) is 0 Å². The molecule has 1 aromatic carbocycles. The quantitative estimate of drug-likeness (QED) is 0.594.